The minimum absolute atomic E-state index is 0.490. The average Bonchev–Trinajstić information content (AvgIpc) is 2.48. The zero-order chi connectivity index (χ0) is 14.4. The highest BCUT2D eigenvalue weighted by Crippen LogP contribution is 2.16. The highest BCUT2D eigenvalue weighted by molar-refractivity contribution is 5.55. The number of ether oxygens (including phenoxy) is 1. The summed E-state index contributed by atoms with van der Waals surface area (Å²) < 4.78 is 5.56. The van der Waals surface area contributed by atoms with Crippen LogP contribution in [0.3, 0.4) is 0 Å². The van der Waals surface area contributed by atoms with E-state index in [1.54, 1.807) is 0 Å². The molecule has 0 saturated carbocycles. The van der Waals surface area contributed by atoms with Gasteiger partial charge in [-0.2, -0.15) is 10.4 Å². The maximum atomic E-state index is 9.17. The molecule has 1 heterocycles. The summed E-state index contributed by atoms with van der Waals surface area (Å²) in [6.07, 6.45) is 0. The lowest BCUT2D eigenvalue weighted by Crippen LogP contribution is -2.14. The van der Waals surface area contributed by atoms with Crippen LogP contribution >= 0.6 is 0 Å². The Bertz CT molecular complexity index is 620. The lowest BCUT2D eigenvalue weighted by molar-refractivity contribution is 0.332. The minimum atomic E-state index is 0.490. The minimum Gasteiger partial charge on any atom is -0.492 e. The van der Waals surface area contributed by atoms with Crippen molar-refractivity contribution in [3.8, 4) is 11.8 Å². The first-order chi connectivity index (χ1) is 9.72. The van der Waals surface area contributed by atoms with Crippen LogP contribution in [-0.2, 0) is 0 Å². The number of benzene rings is 1. The molecule has 102 valence electrons. The molecule has 0 bridgehead atoms. The molecule has 1 N–H and O–H groups in total. The Morgan fingerprint density at radius 1 is 1.20 bits per heavy atom. The van der Waals surface area contributed by atoms with Crippen molar-refractivity contribution in [2.45, 2.75) is 13.8 Å². The first-order valence-corrected chi connectivity index (χ1v) is 6.38. The number of para-hydroxylation sites is 1. The Morgan fingerprint density at radius 2 is 1.95 bits per heavy atom. The van der Waals surface area contributed by atoms with Gasteiger partial charge >= 0.3 is 0 Å². The number of aryl methyl sites for hydroxylation is 1. The van der Waals surface area contributed by atoms with Crippen LogP contribution in [0, 0.1) is 25.2 Å². The molecule has 5 heteroatoms. The second-order valence-electron chi connectivity index (χ2n) is 4.33. The van der Waals surface area contributed by atoms with Crippen molar-refractivity contribution < 1.29 is 4.74 Å². The smallest absolute Gasteiger partial charge is 0.167 e. The van der Waals surface area contributed by atoms with Crippen LogP contribution < -0.4 is 10.1 Å². The topological polar surface area (TPSA) is 70.8 Å². The summed E-state index contributed by atoms with van der Waals surface area (Å²) in [7, 11) is 0. The Balaban J connectivity index is 1.92. The van der Waals surface area contributed by atoms with Crippen molar-refractivity contribution in [1.82, 2.24) is 10.2 Å². The summed E-state index contributed by atoms with van der Waals surface area (Å²) in [5.74, 6) is 1.33. The summed E-state index contributed by atoms with van der Waals surface area (Å²) in [6, 6.07) is 11.7. The van der Waals surface area contributed by atoms with Crippen LogP contribution in [0.1, 0.15) is 16.8 Å². The fourth-order valence-electron chi connectivity index (χ4n) is 1.72. The van der Waals surface area contributed by atoms with E-state index in [-0.39, 0.29) is 0 Å². The van der Waals surface area contributed by atoms with Gasteiger partial charge in [-0.3, -0.25) is 0 Å². The van der Waals surface area contributed by atoms with Gasteiger partial charge in [-0.05, 0) is 31.5 Å². The summed E-state index contributed by atoms with van der Waals surface area (Å²) in [6.45, 7) is 4.75. The monoisotopic (exact) mass is 268 g/mol. The van der Waals surface area contributed by atoms with E-state index < -0.39 is 0 Å². The highest BCUT2D eigenvalue weighted by Gasteiger charge is 2.09. The first-order valence-electron chi connectivity index (χ1n) is 6.38. The van der Waals surface area contributed by atoms with E-state index in [4.69, 9.17) is 10.00 Å². The summed E-state index contributed by atoms with van der Waals surface area (Å²) >= 11 is 0. The lowest BCUT2D eigenvalue weighted by atomic mass is 10.1. The zero-order valence-electron chi connectivity index (χ0n) is 11.6. The van der Waals surface area contributed by atoms with Crippen molar-refractivity contribution >= 4 is 5.82 Å². The number of hydrogen-bond acceptors (Lipinski definition) is 5. The van der Waals surface area contributed by atoms with Crippen molar-refractivity contribution in [2.75, 3.05) is 18.5 Å². The van der Waals surface area contributed by atoms with Gasteiger partial charge in [-0.25, -0.2) is 0 Å². The predicted molar refractivity (Wildman–Crippen MR) is 76.6 cm³/mol. The number of nitriles is 1. The molecule has 0 saturated heterocycles. The third-order valence-electron chi connectivity index (χ3n) is 2.97. The van der Waals surface area contributed by atoms with E-state index in [0.717, 1.165) is 17.0 Å². The molecule has 0 atom stereocenters. The Labute approximate surface area is 118 Å². The number of aromatic nitrogens is 2. The molecule has 1 aromatic carbocycles. The molecular weight excluding hydrogens is 252 g/mol. The zero-order valence-corrected chi connectivity index (χ0v) is 11.6. The van der Waals surface area contributed by atoms with E-state index in [1.807, 2.05) is 44.2 Å². The van der Waals surface area contributed by atoms with Crippen molar-refractivity contribution in [2.24, 2.45) is 0 Å². The van der Waals surface area contributed by atoms with Crippen LogP contribution in [0.5, 0.6) is 5.75 Å². The molecule has 0 spiro atoms. The van der Waals surface area contributed by atoms with E-state index in [0.29, 0.717) is 24.5 Å². The van der Waals surface area contributed by atoms with E-state index in [1.165, 1.54) is 0 Å². The Hall–Kier alpha value is -2.61. The van der Waals surface area contributed by atoms with Crippen LogP contribution in [0.4, 0.5) is 5.82 Å². The van der Waals surface area contributed by atoms with Gasteiger partial charge in [-0.1, -0.05) is 18.2 Å². The second-order valence-corrected chi connectivity index (χ2v) is 4.33. The fourth-order valence-corrected chi connectivity index (χ4v) is 1.72. The van der Waals surface area contributed by atoms with E-state index >= 15 is 0 Å². The van der Waals surface area contributed by atoms with Crippen molar-refractivity contribution in [3.05, 3.63) is 47.2 Å². The number of nitrogens with one attached hydrogen (secondary N) is 1. The molecule has 2 aromatic rings. The lowest BCUT2D eigenvalue weighted by Gasteiger charge is -2.10. The Morgan fingerprint density at radius 3 is 2.65 bits per heavy atom. The third kappa shape index (κ3) is 3.23. The number of rotatable bonds is 5. The van der Waals surface area contributed by atoms with Gasteiger partial charge in [0.1, 0.15) is 24.0 Å². The fraction of sp³-hybridized carbons (Fsp3) is 0.267. The molecule has 0 aliphatic carbocycles. The second kappa shape index (κ2) is 6.53. The maximum absolute atomic E-state index is 9.17. The summed E-state index contributed by atoms with van der Waals surface area (Å²) in [5.41, 5.74) is 2.17. The molecule has 0 fully saturated rings. The maximum Gasteiger partial charge on any atom is 0.167 e. The molecule has 0 radical (unpaired) electrons. The van der Waals surface area contributed by atoms with Gasteiger partial charge in [0.15, 0.2) is 5.82 Å². The molecule has 0 amide bonds. The van der Waals surface area contributed by atoms with Gasteiger partial charge in [0.25, 0.3) is 0 Å². The van der Waals surface area contributed by atoms with Gasteiger partial charge in [0.05, 0.1) is 12.2 Å². The SMILES string of the molecule is Cc1nnc(NCCOc2ccccc2)c(C#N)c1C. The van der Waals surface area contributed by atoms with Crippen LogP contribution in [0.15, 0.2) is 30.3 Å². The van der Waals surface area contributed by atoms with E-state index in [2.05, 4.69) is 21.6 Å². The molecule has 0 aliphatic heterocycles. The largest absolute Gasteiger partial charge is 0.492 e. The summed E-state index contributed by atoms with van der Waals surface area (Å²) in [4.78, 5) is 0. The quantitative estimate of drug-likeness (QED) is 0.843. The standard InChI is InChI=1S/C15H16N4O/c1-11-12(2)18-19-15(14(11)10-16)17-8-9-20-13-6-4-3-5-7-13/h3-7H,8-9H2,1-2H3,(H,17,19). The van der Waals surface area contributed by atoms with Crippen LogP contribution in [-0.4, -0.2) is 23.3 Å². The molecule has 0 unspecified atom stereocenters. The number of anilines is 1. The molecule has 2 rings (SSSR count). The number of hydrogen-bond donors (Lipinski definition) is 1. The summed E-state index contributed by atoms with van der Waals surface area (Å²) in [5, 5.41) is 20.3. The molecule has 5 nitrogen and oxygen atoms in total. The van der Waals surface area contributed by atoms with Gasteiger partial charge in [0.2, 0.25) is 0 Å². The van der Waals surface area contributed by atoms with Crippen molar-refractivity contribution in [3.63, 3.8) is 0 Å². The van der Waals surface area contributed by atoms with Gasteiger partial charge in [-0.15, -0.1) is 5.10 Å². The molecule has 1 aromatic heterocycles. The first kappa shape index (κ1) is 13.8. The van der Waals surface area contributed by atoms with Crippen LogP contribution in [0.25, 0.3) is 0 Å². The normalized spacial score (nSPS) is 9.85. The van der Waals surface area contributed by atoms with Crippen molar-refractivity contribution in [1.29, 1.82) is 5.26 Å². The molecule has 0 aliphatic rings. The van der Waals surface area contributed by atoms with E-state index in [9.17, 15) is 0 Å². The molecule has 20 heavy (non-hydrogen) atoms. The molecular formula is C15H16N4O. The highest BCUT2D eigenvalue weighted by atomic mass is 16.5. The predicted octanol–water partition coefficient (Wildman–Crippen LogP) is 2.46. The number of nitrogens with zero attached hydrogens (tertiary/aromatic N) is 3. The Kier molecular flexibility index (Phi) is 4.51. The average molecular weight is 268 g/mol. The van der Waals surface area contributed by atoms with Gasteiger partial charge < -0.3 is 10.1 Å². The van der Waals surface area contributed by atoms with Crippen LogP contribution in [0.2, 0.25) is 0 Å². The third-order valence-corrected chi connectivity index (χ3v) is 2.97. The van der Waals surface area contributed by atoms with Gasteiger partial charge in [0, 0.05) is 0 Å².